The van der Waals surface area contributed by atoms with Crippen LogP contribution in [0.2, 0.25) is 0 Å². The highest BCUT2D eigenvalue weighted by Gasteiger charge is 2.29. The van der Waals surface area contributed by atoms with Crippen LogP contribution in [-0.2, 0) is 0 Å². The zero-order valence-corrected chi connectivity index (χ0v) is 13.9. The number of aliphatic hydroxyl groups excluding tert-OH is 1. The zero-order chi connectivity index (χ0) is 16.7. The number of carbonyl (C=O) groups excluding carboxylic acids is 1. The van der Waals surface area contributed by atoms with Crippen molar-refractivity contribution in [1.29, 1.82) is 0 Å². The summed E-state index contributed by atoms with van der Waals surface area (Å²) in [4.78, 5) is 18.5. The molecule has 2 saturated carbocycles. The number of carbonyl (C=O) groups is 1. The summed E-state index contributed by atoms with van der Waals surface area (Å²) in [6.45, 7) is 0.574. The number of aromatic nitrogens is 1. The molecule has 24 heavy (non-hydrogen) atoms. The molecule has 0 bridgehead atoms. The Morgan fingerprint density at radius 1 is 1.38 bits per heavy atom. The highest BCUT2D eigenvalue weighted by Crippen LogP contribution is 2.40. The highest BCUT2D eigenvalue weighted by atomic mass is 16.3. The molecule has 2 aliphatic rings. The second-order valence-electron chi connectivity index (χ2n) is 7.08. The van der Waals surface area contributed by atoms with Crippen LogP contribution in [0.3, 0.4) is 0 Å². The number of oxazole rings is 1. The monoisotopic (exact) mass is 329 g/mol. The number of hydrogen-bond acceptors (Lipinski definition) is 4. The summed E-state index contributed by atoms with van der Waals surface area (Å²) in [5, 5.41) is 12.8. The lowest BCUT2D eigenvalue weighted by Gasteiger charge is -2.23. The number of amides is 2. The number of nitrogens with zero attached hydrogens (tertiary/aromatic N) is 2. The SMILES string of the molecule is CN(CC1CCCC1O)C(=O)Nc1ccc2oc(C3CC3)nc2c1. The molecule has 0 aliphatic heterocycles. The maximum atomic E-state index is 12.4. The van der Waals surface area contributed by atoms with Crippen LogP contribution in [0.4, 0.5) is 10.5 Å². The van der Waals surface area contributed by atoms with Gasteiger partial charge in [-0.3, -0.25) is 0 Å². The number of fused-ring (bicyclic) bond motifs is 1. The van der Waals surface area contributed by atoms with Crippen LogP contribution in [0, 0.1) is 5.92 Å². The number of rotatable bonds is 4. The first-order valence-corrected chi connectivity index (χ1v) is 8.71. The van der Waals surface area contributed by atoms with E-state index in [9.17, 15) is 9.90 Å². The maximum absolute atomic E-state index is 12.4. The van der Waals surface area contributed by atoms with Gasteiger partial charge < -0.3 is 19.7 Å². The van der Waals surface area contributed by atoms with Crippen LogP contribution in [0.1, 0.15) is 43.9 Å². The highest BCUT2D eigenvalue weighted by molar-refractivity contribution is 5.91. The quantitative estimate of drug-likeness (QED) is 0.902. The van der Waals surface area contributed by atoms with Gasteiger partial charge >= 0.3 is 6.03 Å². The van der Waals surface area contributed by atoms with Crippen molar-refractivity contribution in [3.63, 3.8) is 0 Å². The van der Waals surface area contributed by atoms with Gasteiger partial charge in [-0.05, 0) is 43.9 Å². The van der Waals surface area contributed by atoms with Gasteiger partial charge in [0.25, 0.3) is 0 Å². The molecule has 4 rings (SSSR count). The van der Waals surface area contributed by atoms with Crippen LogP contribution < -0.4 is 5.32 Å². The van der Waals surface area contributed by atoms with Crippen LogP contribution in [-0.4, -0.2) is 40.7 Å². The van der Waals surface area contributed by atoms with Gasteiger partial charge in [0.05, 0.1) is 6.10 Å². The van der Waals surface area contributed by atoms with Gasteiger partial charge in [0.15, 0.2) is 11.5 Å². The molecular formula is C18H23N3O3. The normalized spacial score (nSPS) is 23.6. The van der Waals surface area contributed by atoms with Gasteiger partial charge in [0.1, 0.15) is 5.52 Å². The fourth-order valence-electron chi connectivity index (χ4n) is 3.41. The Bertz CT molecular complexity index is 753. The smallest absolute Gasteiger partial charge is 0.321 e. The minimum Gasteiger partial charge on any atom is -0.440 e. The standard InChI is InChI=1S/C18H23N3O3/c1-21(10-12-3-2-4-15(12)22)18(23)19-13-7-8-16-14(9-13)20-17(24-16)11-5-6-11/h7-9,11-12,15,22H,2-6,10H2,1H3,(H,19,23). The van der Waals surface area contributed by atoms with Crippen molar-refractivity contribution in [2.75, 3.05) is 18.9 Å². The number of benzene rings is 1. The second kappa shape index (κ2) is 6.09. The van der Waals surface area contributed by atoms with E-state index in [1.807, 2.05) is 18.2 Å². The molecule has 2 aliphatic carbocycles. The van der Waals surface area contributed by atoms with E-state index in [1.165, 1.54) is 0 Å². The van der Waals surface area contributed by atoms with Gasteiger partial charge in [-0.2, -0.15) is 0 Å². The molecule has 2 N–H and O–H groups in total. The average molecular weight is 329 g/mol. The Morgan fingerprint density at radius 3 is 2.92 bits per heavy atom. The van der Waals surface area contributed by atoms with Crippen LogP contribution in [0.15, 0.2) is 22.6 Å². The fraction of sp³-hybridized carbons (Fsp3) is 0.556. The molecule has 2 amide bonds. The van der Waals surface area contributed by atoms with E-state index < -0.39 is 0 Å². The third-order valence-corrected chi connectivity index (χ3v) is 5.06. The van der Waals surface area contributed by atoms with Crippen molar-refractivity contribution in [2.24, 2.45) is 5.92 Å². The van der Waals surface area contributed by atoms with E-state index in [1.54, 1.807) is 11.9 Å². The number of nitrogens with one attached hydrogen (secondary N) is 1. The Balaban J connectivity index is 1.41. The first-order chi connectivity index (χ1) is 11.6. The summed E-state index contributed by atoms with van der Waals surface area (Å²) in [5.74, 6) is 1.46. The fourth-order valence-corrected chi connectivity index (χ4v) is 3.41. The minimum atomic E-state index is -0.285. The van der Waals surface area contributed by atoms with E-state index in [4.69, 9.17) is 4.42 Å². The summed E-state index contributed by atoms with van der Waals surface area (Å²) in [5.41, 5.74) is 2.25. The van der Waals surface area contributed by atoms with Gasteiger partial charge in [-0.15, -0.1) is 0 Å². The molecule has 0 spiro atoms. The summed E-state index contributed by atoms with van der Waals surface area (Å²) < 4.78 is 5.74. The van der Waals surface area contributed by atoms with Crippen molar-refractivity contribution in [3.05, 3.63) is 24.1 Å². The van der Waals surface area contributed by atoms with Gasteiger partial charge in [-0.1, -0.05) is 6.42 Å². The number of hydrogen-bond donors (Lipinski definition) is 2. The minimum absolute atomic E-state index is 0.167. The lowest BCUT2D eigenvalue weighted by Crippen LogP contribution is -2.37. The Kier molecular flexibility index (Phi) is 3.92. The summed E-state index contributed by atoms with van der Waals surface area (Å²) >= 11 is 0. The largest absolute Gasteiger partial charge is 0.440 e. The van der Waals surface area contributed by atoms with Crippen molar-refractivity contribution >= 4 is 22.8 Å². The topological polar surface area (TPSA) is 78.6 Å². The molecule has 1 aromatic carbocycles. The van der Waals surface area contributed by atoms with E-state index in [0.717, 1.165) is 49.1 Å². The van der Waals surface area contributed by atoms with Gasteiger partial charge in [-0.25, -0.2) is 9.78 Å². The maximum Gasteiger partial charge on any atom is 0.321 e. The van der Waals surface area contributed by atoms with E-state index >= 15 is 0 Å². The molecule has 0 saturated heterocycles. The number of anilines is 1. The molecule has 1 aromatic heterocycles. The van der Waals surface area contributed by atoms with Crippen LogP contribution in [0.25, 0.3) is 11.1 Å². The lowest BCUT2D eigenvalue weighted by molar-refractivity contribution is 0.116. The zero-order valence-electron chi connectivity index (χ0n) is 13.9. The van der Waals surface area contributed by atoms with Gasteiger partial charge in [0.2, 0.25) is 0 Å². The lowest BCUT2D eigenvalue weighted by atomic mass is 10.1. The molecule has 2 aromatic rings. The third kappa shape index (κ3) is 3.11. The number of aliphatic hydroxyl groups is 1. The molecule has 6 nitrogen and oxygen atoms in total. The summed E-state index contributed by atoms with van der Waals surface area (Å²) in [6.07, 6.45) is 4.86. The van der Waals surface area contributed by atoms with Crippen molar-refractivity contribution in [2.45, 2.75) is 44.1 Å². The van der Waals surface area contributed by atoms with Crippen LogP contribution in [0.5, 0.6) is 0 Å². The third-order valence-electron chi connectivity index (χ3n) is 5.06. The van der Waals surface area contributed by atoms with Crippen molar-refractivity contribution in [1.82, 2.24) is 9.88 Å². The average Bonchev–Trinajstić information content (AvgIpc) is 3.21. The first-order valence-electron chi connectivity index (χ1n) is 8.71. The second-order valence-corrected chi connectivity index (χ2v) is 7.08. The van der Waals surface area contributed by atoms with Crippen molar-refractivity contribution < 1.29 is 14.3 Å². The van der Waals surface area contributed by atoms with E-state index in [-0.39, 0.29) is 18.1 Å². The predicted octanol–water partition coefficient (Wildman–Crippen LogP) is 3.33. The molecule has 0 radical (unpaired) electrons. The van der Waals surface area contributed by atoms with Crippen LogP contribution >= 0.6 is 0 Å². The Hall–Kier alpha value is -2.08. The summed E-state index contributed by atoms with van der Waals surface area (Å²) in [6, 6.07) is 5.37. The van der Waals surface area contributed by atoms with Gasteiger partial charge in [0, 0.05) is 31.1 Å². The Morgan fingerprint density at radius 2 is 2.21 bits per heavy atom. The Labute approximate surface area is 140 Å². The molecule has 2 fully saturated rings. The molecule has 2 atom stereocenters. The molecule has 6 heteroatoms. The first kappa shape index (κ1) is 15.4. The van der Waals surface area contributed by atoms with E-state index in [2.05, 4.69) is 10.3 Å². The molecule has 1 heterocycles. The molecular weight excluding hydrogens is 306 g/mol. The van der Waals surface area contributed by atoms with E-state index in [0.29, 0.717) is 18.2 Å². The molecule has 2 unspecified atom stereocenters. The van der Waals surface area contributed by atoms with Crippen molar-refractivity contribution in [3.8, 4) is 0 Å². The molecule has 128 valence electrons. The summed E-state index contributed by atoms with van der Waals surface area (Å²) in [7, 11) is 1.76. The number of urea groups is 1. The predicted molar refractivity (Wildman–Crippen MR) is 91.0 cm³/mol.